The Morgan fingerprint density at radius 1 is 1.32 bits per heavy atom. The molecular weight excluding hydrogens is 342 g/mol. The summed E-state index contributed by atoms with van der Waals surface area (Å²) >= 11 is 0. The molecule has 1 unspecified atom stereocenters. The number of sulfonamides is 1. The number of aliphatic imine (C=N–C) groups is 1. The summed E-state index contributed by atoms with van der Waals surface area (Å²) < 4.78 is 30.1. The van der Waals surface area contributed by atoms with E-state index in [0.717, 1.165) is 64.7 Å². The van der Waals surface area contributed by atoms with Gasteiger partial charge in [0.1, 0.15) is 0 Å². The van der Waals surface area contributed by atoms with Crippen molar-refractivity contribution >= 4 is 16.0 Å². The highest BCUT2D eigenvalue weighted by Gasteiger charge is 2.30. The fourth-order valence-corrected chi connectivity index (χ4v) is 4.45. The average Bonchev–Trinajstić information content (AvgIpc) is 3.07. The van der Waals surface area contributed by atoms with E-state index in [1.165, 1.54) is 10.6 Å². The largest absolute Gasteiger partial charge is 0.379 e. The second-order valence-corrected chi connectivity index (χ2v) is 8.60. The standard InChI is InChI=1S/C16H33N5O3S/c1-4-21(25(3,22)23)8-5-7-18-16(17-2)20-9-6-15(14-20)19-10-12-24-13-11-19/h15H,4-14H2,1-3H3,(H,17,18). The predicted molar refractivity (Wildman–Crippen MR) is 100 cm³/mol. The summed E-state index contributed by atoms with van der Waals surface area (Å²) in [5, 5.41) is 3.38. The van der Waals surface area contributed by atoms with E-state index in [0.29, 0.717) is 19.1 Å². The lowest BCUT2D eigenvalue weighted by molar-refractivity contribution is 0.0195. The average molecular weight is 376 g/mol. The first-order valence-corrected chi connectivity index (χ1v) is 11.0. The third-order valence-corrected chi connectivity index (χ3v) is 6.30. The van der Waals surface area contributed by atoms with E-state index in [4.69, 9.17) is 4.74 Å². The molecule has 0 aromatic rings. The van der Waals surface area contributed by atoms with Crippen LogP contribution < -0.4 is 5.32 Å². The van der Waals surface area contributed by atoms with Crippen LogP contribution in [0, 0.1) is 0 Å². The van der Waals surface area contributed by atoms with E-state index < -0.39 is 10.0 Å². The molecule has 2 rings (SSSR count). The van der Waals surface area contributed by atoms with Gasteiger partial charge in [-0.15, -0.1) is 0 Å². The molecule has 146 valence electrons. The molecule has 0 amide bonds. The van der Waals surface area contributed by atoms with Crippen molar-refractivity contribution in [1.29, 1.82) is 0 Å². The topological polar surface area (TPSA) is 77.5 Å². The van der Waals surface area contributed by atoms with E-state index in [1.54, 1.807) is 7.05 Å². The molecule has 0 bridgehead atoms. The van der Waals surface area contributed by atoms with Gasteiger partial charge >= 0.3 is 0 Å². The summed E-state index contributed by atoms with van der Waals surface area (Å²) in [7, 11) is -1.30. The first-order valence-electron chi connectivity index (χ1n) is 9.18. The maximum absolute atomic E-state index is 11.6. The monoisotopic (exact) mass is 375 g/mol. The number of likely N-dealkylation sites (tertiary alicyclic amines) is 1. The Hall–Kier alpha value is -0.900. The number of guanidine groups is 1. The van der Waals surface area contributed by atoms with Crippen molar-refractivity contribution in [1.82, 2.24) is 19.4 Å². The Balaban J connectivity index is 1.73. The molecule has 2 aliphatic rings. The van der Waals surface area contributed by atoms with Crippen LogP contribution in [0.1, 0.15) is 19.8 Å². The summed E-state index contributed by atoms with van der Waals surface area (Å²) in [5.41, 5.74) is 0. The summed E-state index contributed by atoms with van der Waals surface area (Å²) in [5.74, 6) is 0.915. The number of hydrogen-bond donors (Lipinski definition) is 1. The number of ether oxygens (including phenoxy) is 1. The van der Waals surface area contributed by atoms with Gasteiger partial charge in [0.05, 0.1) is 19.5 Å². The molecule has 2 fully saturated rings. The summed E-state index contributed by atoms with van der Waals surface area (Å²) in [6.45, 7) is 9.33. The molecule has 0 spiro atoms. The van der Waals surface area contributed by atoms with Crippen molar-refractivity contribution in [3.05, 3.63) is 0 Å². The van der Waals surface area contributed by atoms with Gasteiger partial charge in [0.15, 0.2) is 5.96 Å². The lowest BCUT2D eigenvalue weighted by Crippen LogP contribution is -2.47. The Kier molecular flexibility index (Phi) is 7.92. The van der Waals surface area contributed by atoms with Crippen LogP contribution in [0.4, 0.5) is 0 Å². The Labute approximate surface area is 152 Å². The van der Waals surface area contributed by atoms with E-state index in [-0.39, 0.29) is 0 Å². The minimum absolute atomic E-state index is 0.515. The van der Waals surface area contributed by atoms with Crippen LogP contribution in [0.3, 0.4) is 0 Å². The fourth-order valence-electron chi connectivity index (χ4n) is 3.52. The molecule has 8 nitrogen and oxygen atoms in total. The molecule has 2 aliphatic heterocycles. The van der Waals surface area contributed by atoms with Gasteiger partial charge in [-0.2, -0.15) is 0 Å². The smallest absolute Gasteiger partial charge is 0.211 e. The van der Waals surface area contributed by atoms with Crippen LogP contribution in [0.2, 0.25) is 0 Å². The fraction of sp³-hybridized carbons (Fsp3) is 0.938. The SMILES string of the molecule is CCN(CCCNC(=NC)N1CCC(N2CCOCC2)C1)S(C)(=O)=O. The van der Waals surface area contributed by atoms with E-state index in [2.05, 4.69) is 20.1 Å². The zero-order chi connectivity index (χ0) is 18.3. The second kappa shape index (κ2) is 9.70. The third-order valence-electron chi connectivity index (χ3n) is 4.93. The van der Waals surface area contributed by atoms with Gasteiger partial charge in [-0.05, 0) is 12.8 Å². The first kappa shape index (κ1) is 20.4. The lowest BCUT2D eigenvalue weighted by Gasteiger charge is -2.32. The number of morpholine rings is 1. The van der Waals surface area contributed by atoms with Gasteiger partial charge in [0, 0.05) is 58.9 Å². The minimum Gasteiger partial charge on any atom is -0.379 e. The molecule has 1 atom stereocenters. The molecular formula is C16H33N5O3S. The molecule has 1 N–H and O–H groups in total. The molecule has 25 heavy (non-hydrogen) atoms. The first-order chi connectivity index (χ1) is 12.0. The van der Waals surface area contributed by atoms with Gasteiger partial charge in [0.2, 0.25) is 10.0 Å². The van der Waals surface area contributed by atoms with Gasteiger partial charge in [-0.25, -0.2) is 12.7 Å². The zero-order valence-corrected chi connectivity index (χ0v) is 16.6. The molecule has 0 aliphatic carbocycles. The second-order valence-electron chi connectivity index (χ2n) is 6.62. The summed E-state index contributed by atoms with van der Waals surface area (Å²) in [6, 6.07) is 0.572. The summed E-state index contributed by atoms with van der Waals surface area (Å²) in [4.78, 5) is 9.21. The van der Waals surface area contributed by atoms with Crippen molar-refractivity contribution in [2.75, 3.05) is 72.3 Å². The van der Waals surface area contributed by atoms with Gasteiger partial charge in [0.25, 0.3) is 0 Å². The highest BCUT2D eigenvalue weighted by atomic mass is 32.2. The molecule has 0 saturated carbocycles. The van der Waals surface area contributed by atoms with Gasteiger partial charge in [-0.3, -0.25) is 9.89 Å². The number of nitrogens with zero attached hydrogens (tertiary/aromatic N) is 4. The minimum atomic E-state index is -3.11. The van der Waals surface area contributed by atoms with Crippen molar-refractivity contribution in [3.8, 4) is 0 Å². The summed E-state index contributed by atoms with van der Waals surface area (Å²) in [6.07, 6.45) is 3.18. The van der Waals surface area contributed by atoms with Crippen molar-refractivity contribution in [2.45, 2.75) is 25.8 Å². The number of rotatable bonds is 7. The highest BCUT2D eigenvalue weighted by molar-refractivity contribution is 7.88. The quantitative estimate of drug-likeness (QED) is 0.372. The normalized spacial score (nSPS) is 23.4. The molecule has 2 saturated heterocycles. The lowest BCUT2D eigenvalue weighted by atomic mass is 10.2. The number of nitrogens with one attached hydrogen (secondary N) is 1. The van der Waals surface area contributed by atoms with E-state index in [9.17, 15) is 8.42 Å². The molecule has 0 aromatic heterocycles. The maximum Gasteiger partial charge on any atom is 0.211 e. The van der Waals surface area contributed by atoms with Gasteiger partial charge < -0.3 is 15.0 Å². The predicted octanol–water partition coefficient (Wildman–Crippen LogP) is -0.360. The van der Waals surface area contributed by atoms with Crippen LogP contribution in [0.15, 0.2) is 4.99 Å². The van der Waals surface area contributed by atoms with Crippen LogP contribution >= 0.6 is 0 Å². The van der Waals surface area contributed by atoms with Crippen molar-refractivity contribution < 1.29 is 13.2 Å². The zero-order valence-electron chi connectivity index (χ0n) is 15.8. The van der Waals surface area contributed by atoms with Crippen LogP contribution in [-0.4, -0.2) is 107 Å². The van der Waals surface area contributed by atoms with Crippen LogP contribution in [-0.2, 0) is 14.8 Å². The van der Waals surface area contributed by atoms with E-state index >= 15 is 0 Å². The maximum atomic E-state index is 11.6. The Morgan fingerprint density at radius 3 is 2.64 bits per heavy atom. The van der Waals surface area contributed by atoms with Crippen molar-refractivity contribution in [2.24, 2.45) is 4.99 Å². The molecule has 2 heterocycles. The van der Waals surface area contributed by atoms with Crippen molar-refractivity contribution in [3.63, 3.8) is 0 Å². The van der Waals surface area contributed by atoms with Crippen LogP contribution in [0.5, 0.6) is 0 Å². The Morgan fingerprint density at radius 2 is 2.04 bits per heavy atom. The molecule has 0 aromatic carbocycles. The van der Waals surface area contributed by atoms with Gasteiger partial charge in [-0.1, -0.05) is 6.92 Å². The number of hydrogen-bond acceptors (Lipinski definition) is 5. The van der Waals surface area contributed by atoms with E-state index in [1.807, 2.05) is 6.92 Å². The molecule has 0 radical (unpaired) electrons. The highest BCUT2D eigenvalue weighted by Crippen LogP contribution is 2.17. The Bertz CT molecular complexity index is 534. The van der Waals surface area contributed by atoms with Crippen LogP contribution in [0.25, 0.3) is 0 Å². The third kappa shape index (κ3) is 6.09. The molecule has 9 heteroatoms.